The van der Waals surface area contributed by atoms with Crippen molar-refractivity contribution in [2.45, 2.75) is 34.1 Å². The van der Waals surface area contributed by atoms with E-state index in [0.29, 0.717) is 59.3 Å². The Hall–Kier alpha value is -1.22. The van der Waals surface area contributed by atoms with Gasteiger partial charge in [0.05, 0.1) is 51.5 Å². The molecule has 0 aromatic carbocycles. The maximum atomic E-state index is 11.9. The van der Waals surface area contributed by atoms with E-state index in [-0.39, 0.29) is 25.2 Å². The van der Waals surface area contributed by atoms with Crippen molar-refractivity contribution in [2.75, 3.05) is 66.1 Å². The van der Waals surface area contributed by atoms with Gasteiger partial charge in [-0.3, -0.25) is 9.59 Å². The summed E-state index contributed by atoms with van der Waals surface area (Å²) < 4.78 is 31.1. The minimum absolute atomic E-state index is 0.188. The highest BCUT2D eigenvalue weighted by Crippen LogP contribution is 2.15. The number of carbonyl (C=O) groups excluding carboxylic acids is 2. The molecule has 0 aliphatic rings. The molecule has 160 valence electrons. The summed E-state index contributed by atoms with van der Waals surface area (Å²) in [6, 6.07) is 0. The van der Waals surface area contributed by atoms with Gasteiger partial charge in [-0.1, -0.05) is 13.8 Å². The third-order valence-corrected chi connectivity index (χ3v) is 3.61. The Labute approximate surface area is 162 Å². The zero-order valence-electron chi connectivity index (χ0n) is 17.2. The lowest BCUT2D eigenvalue weighted by Gasteiger charge is -2.16. The molecule has 0 aromatic heterocycles. The standard InChI is InChI=1S/C19H36O8/c1-5-22-7-9-24-11-13-26-18(20)16(3)15-17(4)19(21)27-14-12-25-10-8-23-6-2/h16-17H,5-15H2,1-4H3. The first kappa shape index (κ1) is 25.8. The monoisotopic (exact) mass is 392 g/mol. The van der Waals surface area contributed by atoms with Crippen molar-refractivity contribution in [3.63, 3.8) is 0 Å². The topological polar surface area (TPSA) is 89.5 Å². The first-order valence-corrected chi connectivity index (χ1v) is 9.67. The fourth-order valence-corrected chi connectivity index (χ4v) is 2.14. The van der Waals surface area contributed by atoms with Gasteiger partial charge >= 0.3 is 11.9 Å². The van der Waals surface area contributed by atoms with Crippen LogP contribution >= 0.6 is 0 Å². The van der Waals surface area contributed by atoms with E-state index in [2.05, 4.69) is 0 Å². The molecule has 2 unspecified atom stereocenters. The third-order valence-electron chi connectivity index (χ3n) is 3.61. The fourth-order valence-electron chi connectivity index (χ4n) is 2.14. The Morgan fingerprint density at radius 2 is 0.926 bits per heavy atom. The molecule has 0 aromatic rings. The van der Waals surface area contributed by atoms with Crippen molar-refractivity contribution in [1.29, 1.82) is 0 Å². The Morgan fingerprint density at radius 1 is 0.593 bits per heavy atom. The predicted molar refractivity (Wildman–Crippen MR) is 99.5 cm³/mol. The van der Waals surface area contributed by atoms with Crippen molar-refractivity contribution in [2.24, 2.45) is 11.8 Å². The number of hydrogen-bond donors (Lipinski definition) is 0. The Bertz CT molecular complexity index is 341. The maximum absolute atomic E-state index is 11.9. The summed E-state index contributed by atoms with van der Waals surface area (Å²) in [6.07, 6.45) is 0.369. The van der Waals surface area contributed by atoms with Gasteiger partial charge in [0, 0.05) is 13.2 Å². The van der Waals surface area contributed by atoms with Crippen molar-refractivity contribution in [1.82, 2.24) is 0 Å². The molecule has 0 radical (unpaired) electrons. The van der Waals surface area contributed by atoms with E-state index in [0.717, 1.165) is 0 Å². The van der Waals surface area contributed by atoms with Gasteiger partial charge in [0.2, 0.25) is 0 Å². The van der Waals surface area contributed by atoms with Crippen molar-refractivity contribution < 1.29 is 38.0 Å². The number of hydrogen-bond acceptors (Lipinski definition) is 8. The lowest BCUT2D eigenvalue weighted by atomic mass is 9.97. The molecule has 8 nitrogen and oxygen atoms in total. The van der Waals surface area contributed by atoms with Crippen LogP contribution in [0.15, 0.2) is 0 Å². The quantitative estimate of drug-likeness (QED) is 0.258. The molecular weight excluding hydrogens is 356 g/mol. The molecule has 0 N–H and O–H groups in total. The van der Waals surface area contributed by atoms with Crippen LogP contribution in [-0.4, -0.2) is 78.0 Å². The van der Waals surface area contributed by atoms with Crippen LogP contribution in [0.5, 0.6) is 0 Å². The molecular formula is C19H36O8. The zero-order valence-corrected chi connectivity index (χ0v) is 17.2. The third kappa shape index (κ3) is 15.5. The van der Waals surface area contributed by atoms with E-state index in [4.69, 9.17) is 28.4 Å². The average Bonchev–Trinajstić information content (AvgIpc) is 2.66. The fraction of sp³-hybridized carbons (Fsp3) is 0.895. The van der Waals surface area contributed by atoms with Crippen molar-refractivity contribution in [3.05, 3.63) is 0 Å². The lowest BCUT2D eigenvalue weighted by Crippen LogP contribution is -2.24. The van der Waals surface area contributed by atoms with Gasteiger partial charge in [-0.05, 0) is 20.3 Å². The van der Waals surface area contributed by atoms with Gasteiger partial charge in [-0.25, -0.2) is 0 Å². The van der Waals surface area contributed by atoms with Gasteiger partial charge in [0.1, 0.15) is 13.2 Å². The van der Waals surface area contributed by atoms with E-state index < -0.39 is 11.8 Å². The van der Waals surface area contributed by atoms with E-state index in [1.54, 1.807) is 13.8 Å². The summed E-state index contributed by atoms with van der Waals surface area (Å²) in [7, 11) is 0. The smallest absolute Gasteiger partial charge is 0.308 e. The molecule has 0 fully saturated rings. The normalized spacial score (nSPS) is 13.2. The maximum Gasteiger partial charge on any atom is 0.308 e. The summed E-state index contributed by atoms with van der Waals surface area (Å²) in [5.41, 5.74) is 0. The average molecular weight is 392 g/mol. The molecule has 0 rings (SSSR count). The molecule has 0 amide bonds. The minimum Gasteiger partial charge on any atom is -0.463 e. The summed E-state index contributed by atoms with van der Waals surface area (Å²) in [4.78, 5) is 23.9. The second kappa shape index (κ2) is 18.2. The molecule has 8 heteroatoms. The van der Waals surface area contributed by atoms with Crippen LogP contribution in [0.1, 0.15) is 34.1 Å². The van der Waals surface area contributed by atoms with E-state index in [1.807, 2.05) is 13.8 Å². The van der Waals surface area contributed by atoms with Gasteiger partial charge in [0.25, 0.3) is 0 Å². The van der Waals surface area contributed by atoms with Crippen LogP contribution in [0.4, 0.5) is 0 Å². The van der Waals surface area contributed by atoms with Gasteiger partial charge < -0.3 is 28.4 Å². The molecule has 2 atom stereocenters. The number of esters is 2. The molecule has 0 saturated carbocycles. The van der Waals surface area contributed by atoms with Crippen LogP contribution in [-0.2, 0) is 38.0 Å². The number of ether oxygens (including phenoxy) is 6. The van der Waals surface area contributed by atoms with E-state index >= 15 is 0 Å². The Morgan fingerprint density at radius 3 is 1.30 bits per heavy atom. The van der Waals surface area contributed by atoms with Gasteiger partial charge in [-0.2, -0.15) is 0 Å². The summed E-state index contributed by atoms with van der Waals surface area (Å²) >= 11 is 0. The zero-order chi connectivity index (χ0) is 20.3. The molecule has 0 saturated heterocycles. The van der Waals surface area contributed by atoms with Crippen LogP contribution < -0.4 is 0 Å². The summed E-state index contributed by atoms with van der Waals surface area (Å²) in [5, 5.41) is 0. The molecule has 0 aliphatic heterocycles. The van der Waals surface area contributed by atoms with Crippen LogP contribution in [0, 0.1) is 11.8 Å². The van der Waals surface area contributed by atoms with Crippen molar-refractivity contribution in [3.8, 4) is 0 Å². The second-order valence-electron chi connectivity index (χ2n) is 5.99. The minimum atomic E-state index is -0.390. The molecule has 0 aliphatic carbocycles. The number of carbonyl (C=O) groups is 2. The Kier molecular flexibility index (Phi) is 17.3. The van der Waals surface area contributed by atoms with Crippen LogP contribution in [0.3, 0.4) is 0 Å². The second-order valence-corrected chi connectivity index (χ2v) is 5.99. The lowest BCUT2D eigenvalue weighted by molar-refractivity contribution is -0.153. The van der Waals surface area contributed by atoms with Crippen LogP contribution in [0.2, 0.25) is 0 Å². The van der Waals surface area contributed by atoms with Gasteiger partial charge in [-0.15, -0.1) is 0 Å². The van der Waals surface area contributed by atoms with E-state index in [1.165, 1.54) is 0 Å². The first-order valence-electron chi connectivity index (χ1n) is 9.67. The van der Waals surface area contributed by atoms with Gasteiger partial charge in [0.15, 0.2) is 0 Å². The van der Waals surface area contributed by atoms with Crippen molar-refractivity contribution >= 4 is 11.9 Å². The molecule has 0 spiro atoms. The Balaban J connectivity index is 3.73. The predicted octanol–water partition coefficient (Wildman–Crippen LogP) is 1.84. The first-order chi connectivity index (χ1) is 13.0. The molecule has 27 heavy (non-hydrogen) atoms. The van der Waals surface area contributed by atoms with Crippen LogP contribution in [0.25, 0.3) is 0 Å². The largest absolute Gasteiger partial charge is 0.463 e. The SMILES string of the molecule is CCOCCOCCOC(=O)C(C)CC(C)C(=O)OCCOCCOCC. The highest BCUT2D eigenvalue weighted by atomic mass is 16.6. The summed E-state index contributed by atoms with van der Waals surface area (Å²) in [6.45, 7) is 11.6. The molecule has 0 heterocycles. The molecule has 0 bridgehead atoms. The highest BCUT2D eigenvalue weighted by molar-refractivity contribution is 5.75. The highest BCUT2D eigenvalue weighted by Gasteiger charge is 2.23. The number of rotatable bonds is 18. The van der Waals surface area contributed by atoms with E-state index in [9.17, 15) is 9.59 Å². The summed E-state index contributed by atoms with van der Waals surface area (Å²) in [5.74, 6) is -1.47.